The summed E-state index contributed by atoms with van der Waals surface area (Å²) < 4.78 is 7.72. The first-order valence-corrected chi connectivity index (χ1v) is 10.9. The standard InChI is InChI=1S/C25H26N4O2/c1-15-12-13-16(2)20(14-15)29-23(26)21(25(30)31-17-8-4-3-5-9-17)22-24(29)28-19-11-7-6-10-18(19)27-22/h6-7,10-14,17H,3-5,8-9,26H2,1-2H3. The maximum Gasteiger partial charge on any atom is 0.344 e. The lowest BCUT2D eigenvalue weighted by atomic mass is 9.98. The quantitative estimate of drug-likeness (QED) is 0.462. The molecule has 158 valence electrons. The van der Waals surface area contributed by atoms with Crippen molar-refractivity contribution in [1.82, 2.24) is 14.5 Å². The summed E-state index contributed by atoms with van der Waals surface area (Å²) in [6.45, 7) is 4.05. The number of esters is 1. The van der Waals surface area contributed by atoms with E-state index in [-0.39, 0.29) is 6.10 Å². The number of aryl methyl sites for hydroxylation is 2. The van der Waals surface area contributed by atoms with E-state index in [0.717, 1.165) is 53.5 Å². The molecule has 0 saturated heterocycles. The second kappa shape index (κ2) is 7.69. The highest BCUT2D eigenvalue weighted by molar-refractivity contribution is 6.09. The van der Waals surface area contributed by atoms with Crippen molar-refractivity contribution in [3.05, 3.63) is 59.2 Å². The normalized spacial score (nSPS) is 14.9. The molecule has 6 nitrogen and oxygen atoms in total. The van der Waals surface area contributed by atoms with Gasteiger partial charge in [0.25, 0.3) is 0 Å². The fourth-order valence-electron chi connectivity index (χ4n) is 4.46. The number of nitrogens with two attached hydrogens (primary N) is 1. The summed E-state index contributed by atoms with van der Waals surface area (Å²) in [5, 5.41) is 0. The van der Waals surface area contributed by atoms with Crippen LogP contribution in [-0.2, 0) is 4.74 Å². The number of benzene rings is 2. The van der Waals surface area contributed by atoms with Crippen LogP contribution in [0.3, 0.4) is 0 Å². The molecule has 0 bridgehead atoms. The molecule has 1 aliphatic rings. The van der Waals surface area contributed by atoms with Crippen LogP contribution < -0.4 is 5.73 Å². The van der Waals surface area contributed by atoms with E-state index in [0.29, 0.717) is 22.5 Å². The fourth-order valence-corrected chi connectivity index (χ4v) is 4.46. The molecule has 0 spiro atoms. The number of para-hydroxylation sites is 2. The number of aromatic nitrogens is 3. The third-order valence-electron chi connectivity index (χ3n) is 6.13. The van der Waals surface area contributed by atoms with Gasteiger partial charge in [-0.25, -0.2) is 14.8 Å². The summed E-state index contributed by atoms with van der Waals surface area (Å²) in [7, 11) is 0. The number of nitrogens with zero attached hydrogens (tertiary/aromatic N) is 3. The summed E-state index contributed by atoms with van der Waals surface area (Å²) in [4.78, 5) is 22.9. The number of carbonyl (C=O) groups is 1. The molecule has 1 fully saturated rings. The Bertz CT molecular complexity index is 1300. The van der Waals surface area contributed by atoms with Gasteiger partial charge in [0.15, 0.2) is 5.65 Å². The van der Waals surface area contributed by atoms with Crippen LogP contribution in [0, 0.1) is 13.8 Å². The molecule has 1 aliphatic carbocycles. The lowest BCUT2D eigenvalue weighted by Crippen LogP contribution is -2.21. The Labute approximate surface area is 181 Å². The number of ether oxygens (including phenoxy) is 1. The van der Waals surface area contributed by atoms with Gasteiger partial charge >= 0.3 is 5.97 Å². The molecule has 5 rings (SSSR count). The number of hydrogen-bond donors (Lipinski definition) is 1. The highest BCUT2D eigenvalue weighted by atomic mass is 16.5. The van der Waals surface area contributed by atoms with Crippen molar-refractivity contribution in [2.75, 3.05) is 5.73 Å². The van der Waals surface area contributed by atoms with Gasteiger partial charge in [-0.15, -0.1) is 0 Å². The number of carbonyl (C=O) groups excluding carboxylic acids is 1. The first kappa shape index (κ1) is 19.5. The molecule has 0 radical (unpaired) electrons. The van der Waals surface area contributed by atoms with E-state index < -0.39 is 5.97 Å². The summed E-state index contributed by atoms with van der Waals surface area (Å²) in [6.07, 6.45) is 5.10. The molecule has 31 heavy (non-hydrogen) atoms. The maximum absolute atomic E-state index is 13.3. The molecule has 0 atom stereocenters. The topological polar surface area (TPSA) is 83.0 Å². The predicted molar refractivity (Wildman–Crippen MR) is 123 cm³/mol. The molecular weight excluding hydrogens is 388 g/mol. The number of hydrogen-bond acceptors (Lipinski definition) is 5. The van der Waals surface area contributed by atoms with Crippen molar-refractivity contribution < 1.29 is 9.53 Å². The highest BCUT2D eigenvalue weighted by Crippen LogP contribution is 2.34. The second-order valence-electron chi connectivity index (χ2n) is 8.44. The molecule has 2 aromatic carbocycles. The third-order valence-corrected chi connectivity index (χ3v) is 6.13. The zero-order valence-electron chi connectivity index (χ0n) is 17.9. The lowest BCUT2D eigenvalue weighted by Gasteiger charge is -2.21. The lowest BCUT2D eigenvalue weighted by molar-refractivity contribution is 0.0214. The summed E-state index contributed by atoms with van der Waals surface area (Å²) in [6, 6.07) is 13.8. The molecule has 0 amide bonds. The zero-order chi connectivity index (χ0) is 21.5. The van der Waals surface area contributed by atoms with Gasteiger partial charge in [0.2, 0.25) is 0 Å². The van der Waals surface area contributed by atoms with Crippen LogP contribution in [0.5, 0.6) is 0 Å². The van der Waals surface area contributed by atoms with E-state index >= 15 is 0 Å². The van der Waals surface area contributed by atoms with E-state index in [1.54, 1.807) is 0 Å². The largest absolute Gasteiger partial charge is 0.459 e. The Morgan fingerprint density at radius 2 is 1.74 bits per heavy atom. The Hall–Kier alpha value is -3.41. The Kier molecular flexibility index (Phi) is 4.85. The fraction of sp³-hybridized carbons (Fsp3) is 0.320. The molecule has 6 heteroatoms. The van der Waals surface area contributed by atoms with Crippen LogP contribution in [0.15, 0.2) is 42.5 Å². The van der Waals surface area contributed by atoms with Crippen molar-refractivity contribution in [3.63, 3.8) is 0 Å². The Morgan fingerprint density at radius 3 is 2.48 bits per heavy atom. The van der Waals surface area contributed by atoms with Crippen LogP contribution in [0.25, 0.3) is 27.9 Å². The molecule has 0 aliphatic heterocycles. The molecule has 2 aromatic heterocycles. The first-order chi connectivity index (χ1) is 15.0. The number of rotatable bonds is 3. The van der Waals surface area contributed by atoms with Crippen molar-refractivity contribution in [1.29, 1.82) is 0 Å². The van der Waals surface area contributed by atoms with Crippen LogP contribution in [0.4, 0.5) is 5.82 Å². The van der Waals surface area contributed by atoms with E-state index in [2.05, 4.69) is 12.1 Å². The monoisotopic (exact) mass is 414 g/mol. The zero-order valence-corrected chi connectivity index (χ0v) is 17.9. The minimum atomic E-state index is -0.414. The average molecular weight is 415 g/mol. The number of anilines is 1. The van der Waals surface area contributed by atoms with E-state index in [4.69, 9.17) is 20.4 Å². The maximum atomic E-state index is 13.3. The average Bonchev–Trinajstić information content (AvgIpc) is 3.05. The third kappa shape index (κ3) is 3.42. The Balaban J connectivity index is 1.74. The molecule has 2 heterocycles. The summed E-state index contributed by atoms with van der Waals surface area (Å²) in [5.74, 6) is -0.0946. The number of nitrogen functional groups attached to an aromatic ring is 1. The second-order valence-corrected chi connectivity index (χ2v) is 8.44. The van der Waals surface area contributed by atoms with Crippen molar-refractivity contribution >= 4 is 34.0 Å². The van der Waals surface area contributed by atoms with Crippen molar-refractivity contribution in [2.24, 2.45) is 0 Å². The molecular formula is C25H26N4O2. The van der Waals surface area contributed by atoms with Crippen LogP contribution in [-0.4, -0.2) is 26.6 Å². The molecule has 2 N–H and O–H groups in total. The van der Waals surface area contributed by atoms with Crippen LogP contribution >= 0.6 is 0 Å². The van der Waals surface area contributed by atoms with Gasteiger partial charge in [-0.2, -0.15) is 0 Å². The Morgan fingerprint density at radius 1 is 1.03 bits per heavy atom. The van der Waals surface area contributed by atoms with Gasteiger partial charge in [0.1, 0.15) is 23.0 Å². The van der Waals surface area contributed by atoms with Gasteiger partial charge < -0.3 is 10.5 Å². The van der Waals surface area contributed by atoms with Gasteiger partial charge in [-0.1, -0.05) is 30.7 Å². The smallest absolute Gasteiger partial charge is 0.344 e. The first-order valence-electron chi connectivity index (χ1n) is 10.9. The SMILES string of the molecule is Cc1ccc(C)c(-n2c(N)c(C(=O)OC3CCCCC3)c3nc4ccccc4nc32)c1. The van der Waals surface area contributed by atoms with Crippen molar-refractivity contribution in [2.45, 2.75) is 52.1 Å². The van der Waals surface area contributed by atoms with Crippen LogP contribution in [0.2, 0.25) is 0 Å². The predicted octanol–water partition coefficient (Wildman–Crippen LogP) is 5.26. The molecule has 4 aromatic rings. The summed E-state index contributed by atoms with van der Waals surface area (Å²) in [5.41, 5.74) is 12.5. The van der Waals surface area contributed by atoms with Gasteiger partial charge in [-0.05, 0) is 68.9 Å². The summed E-state index contributed by atoms with van der Waals surface area (Å²) >= 11 is 0. The minimum absolute atomic E-state index is 0.0619. The molecule has 0 unspecified atom stereocenters. The van der Waals surface area contributed by atoms with Gasteiger partial charge in [-0.3, -0.25) is 4.57 Å². The van der Waals surface area contributed by atoms with E-state index in [1.807, 2.05) is 48.7 Å². The number of fused-ring (bicyclic) bond motifs is 2. The van der Waals surface area contributed by atoms with Crippen molar-refractivity contribution in [3.8, 4) is 5.69 Å². The molecule has 1 saturated carbocycles. The highest BCUT2D eigenvalue weighted by Gasteiger charge is 2.28. The van der Waals surface area contributed by atoms with Gasteiger partial charge in [0.05, 0.1) is 16.7 Å². The van der Waals surface area contributed by atoms with Gasteiger partial charge in [0, 0.05) is 0 Å². The van der Waals surface area contributed by atoms with Crippen LogP contribution in [0.1, 0.15) is 53.6 Å². The minimum Gasteiger partial charge on any atom is -0.459 e. The van der Waals surface area contributed by atoms with E-state index in [9.17, 15) is 4.79 Å². The van der Waals surface area contributed by atoms with E-state index in [1.165, 1.54) is 6.42 Å².